The van der Waals surface area contributed by atoms with Crippen LogP contribution in [0.1, 0.15) is 9.67 Å². The Morgan fingerprint density at radius 2 is 1.86 bits per heavy atom. The van der Waals surface area contributed by atoms with E-state index in [9.17, 15) is 9.59 Å². The number of anilines is 1. The molecule has 4 aromatic rings. The van der Waals surface area contributed by atoms with E-state index in [-0.39, 0.29) is 10.6 Å². The number of para-hydroxylation sites is 1. The van der Waals surface area contributed by atoms with Crippen LogP contribution in [0.3, 0.4) is 0 Å². The van der Waals surface area contributed by atoms with Gasteiger partial charge in [0.05, 0.1) is 35.7 Å². The number of nitrogens with one attached hydrogen (secondary N) is 1. The highest BCUT2D eigenvalue weighted by Crippen LogP contribution is 2.34. The Morgan fingerprint density at radius 1 is 1.04 bits per heavy atom. The van der Waals surface area contributed by atoms with Gasteiger partial charge in [0.2, 0.25) is 4.74 Å². The Labute approximate surface area is 164 Å². The summed E-state index contributed by atoms with van der Waals surface area (Å²) in [7, 11) is 2.99. The third kappa shape index (κ3) is 3.05. The van der Waals surface area contributed by atoms with Gasteiger partial charge in [0.25, 0.3) is 5.91 Å². The summed E-state index contributed by atoms with van der Waals surface area (Å²) in [6.45, 7) is 0. The van der Waals surface area contributed by atoms with E-state index in [1.807, 2.05) is 24.3 Å². The normalized spacial score (nSPS) is 10.8. The fraction of sp³-hybridized carbons (Fsp3) is 0.0952. The van der Waals surface area contributed by atoms with E-state index in [1.165, 1.54) is 14.2 Å². The molecule has 0 saturated heterocycles. The average molecular weight is 392 g/mol. The molecule has 0 radical (unpaired) electrons. The molecule has 0 saturated carbocycles. The maximum Gasteiger partial charge on any atom is 0.265 e. The number of benzene rings is 2. The zero-order valence-electron chi connectivity index (χ0n) is 15.2. The van der Waals surface area contributed by atoms with Crippen LogP contribution in [0.15, 0.2) is 59.5 Å². The van der Waals surface area contributed by atoms with Gasteiger partial charge in [-0.25, -0.2) is 0 Å². The highest BCUT2D eigenvalue weighted by atomic mass is 32.1. The Bertz CT molecular complexity index is 1260. The minimum atomic E-state index is -0.364. The molecule has 0 unspecified atom stereocenters. The van der Waals surface area contributed by atoms with Crippen LogP contribution < -0.4 is 19.5 Å². The molecule has 1 N–H and O–H groups in total. The molecule has 2 aromatic carbocycles. The first-order valence-corrected chi connectivity index (χ1v) is 9.28. The Balaban J connectivity index is 1.77. The van der Waals surface area contributed by atoms with Crippen LogP contribution in [-0.4, -0.2) is 25.1 Å². The van der Waals surface area contributed by atoms with Crippen molar-refractivity contribution in [2.24, 2.45) is 0 Å². The SMILES string of the molecule is COc1ccc2cc(C(=O)Nc3cccc4cccnc34)sc(=O)c2c1OC. The van der Waals surface area contributed by atoms with Gasteiger partial charge in [-0.05, 0) is 29.7 Å². The van der Waals surface area contributed by atoms with Gasteiger partial charge in [-0.15, -0.1) is 0 Å². The van der Waals surface area contributed by atoms with Crippen LogP contribution >= 0.6 is 11.3 Å². The minimum Gasteiger partial charge on any atom is -0.493 e. The van der Waals surface area contributed by atoms with Gasteiger partial charge < -0.3 is 14.8 Å². The lowest BCUT2D eigenvalue weighted by Crippen LogP contribution is -2.13. The topological polar surface area (TPSA) is 77.5 Å². The first-order valence-electron chi connectivity index (χ1n) is 8.46. The van der Waals surface area contributed by atoms with Crippen molar-refractivity contribution in [1.29, 1.82) is 0 Å². The van der Waals surface area contributed by atoms with Crippen LogP contribution in [0, 0.1) is 0 Å². The fourth-order valence-electron chi connectivity index (χ4n) is 3.10. The largest absolute Gasteiger partial charge is 0.493 e. The Hall–Kier alpha value is -3.45. The van der Waals surface area contributed by atoms with Gasteiger partial charge in [-0.1, -0.05) is 35.6 Å². The van der Waals surface area contributed by atoms with E-state index in [4.69, 9.17) is 9.47 Å². The first kappa shape index (κ1) is 17.9. The lowest BCUT2D eigenvalue weighted by atomic mass is 10.1. The van der Waals surface area contributed by atoms with E-state index in [2.05, 4.69) is 10.3 Å². The van der Waals surface area contributed by atoms with Gasteiger partial charge in [-0.3, -0.25) is 14.6 Å². The maximum atomic E-state index is 12.8. The molecule has 6 nitrogen and oxygen atoms in total. The van der Waals surface area contributed by atoms with Gasteiger partial charge in [-0.2, -0.15) is 0 Å². The smallest absolute Gasteiger partial charge is 0.265 e. The standard InChI is InChI=1S/C21H16N2O4S/c1-26-15-9-8-13-11-16(28-21(25)17(13)19(15)27-2)20(24)23-14-7-3-5-12-6-4-10-22-18(12)14/h3-11H,1-2H3,(H,23,24). The van der Waals surface area contributed by atoms with Crippen LogP contribution in [-0.2, 0) is 0 Å². The molecular weight excluding hydrogens is 376 g/mol. The van der Waals surface area contributed by atoms with Gasteiger partial charge in [0, 0.05) is 11.6 Å². The fourth-order valence-corrected chi connectivity index (χ4v) is 3.94. The molecular formula is C21H16N2O4S. The molecule has 2 heterocycles. The number of fused-ring (bicyclic) bond motifs is 2. The number of ether oxygens (including phenoxy) is 2. The van der Waals surface area contributed by atoms with Crippen molar-refractivity contribution in [3.05, 3.63) is 69.1 Å². The van der Waals surface area contributed by atoms with Crippen molar-refractivity contribution in [3.8, 4) is 11.5 Å². The van der Waals surface area contributed by atoms with Crippen molar-refractivity contribution in [1.82, 2.24) is 4.98 Å². The molecule has 140 valence electrons. The molecule has 28 heavy (non-hydrogen) atoms. The van der Waals surface area contributed by atoms with Crippen LogP contribution in [0.5, 0.6) is 11.5 Å². The molecule has 2 aromatic heterocycles. The number of carbonyl (C=O) groups is 1. The van der Waals surface area contributed by atoms with Gasteiger partial charge in [0.1, 0.15) is 0 Å². The van der Waals surface area contributed by atoms with Crippen LogP contribution in [0.2, 0.25) is 0 Å². The summed E-state index contributed by atoms with van der Waals surface area (Å²) in [5.41, 5.74) is 1.29. The predicted molar refractivity (Wildman–Crippen MR) is 111 cm³/mol. The molecule has 0 fully saturated rings. The molecule has 0 aliphatic heterocycles. The van der Waals surface area contributed by atoms with Gasteiger partial charge in [0.15, 0.2) is 11.5 Å². The number of hydrogen-bond acceptors (Lipinski definition) is 6. The Morgan fingerprint density at radius 3 is 2.64 bits per heavy atom. The number of amides is 1. The number of hydrogen-bond donors (Lipinski definition) is 1. The highest BCUT2D eigenvalue weighted by molar-refractivity contribution is 7.12. The lowest BCUT2D eigenvalue weighted by molar-refractivity contribution is 0.103. The highest BCUT2D eigenvalue weighted by Gasteiger charge is 2.17. The van der Waals surface area contributed by atoms with E-state index in [0.29, 0.717) is 38.4 Å². The first-order chi connectivity index (χ1) is 13.6. The molecule has 0 aliphatic rings. The number of carbonyl (C=O) groups excluding carboxylic acids is 1. The molecule has 0 bridgehead atoms. The second kappa shape index (κ2) is 7.28. The van der Waals surface area contributed by atoms with Crippen molar-refractivity contribution >= 4 is 44.6 Å². The van der Waals surface area contributed by atoms with Crippen LogP contribution in [0.4, 0.5) is 5.69 Å². The number of methoxy groups -OCH3 is 2. The summed E-state index contributed by atoms with van der Waals surface area (Å²) >= 11 is 0.865. The lowest BCUT2D eigenvalue weighted by Gasteiger charge is -2.11. The predicted octanol–water partition coefficient (Wildman–Crippen LogP) is 4.08. The van der Waals surface area contributed by atoms with E-state index in [1.54, 1.807) is 30.5 Å². The summed E-state index contributed by atoms with van der Waals surface area (Å²) in [5.74, 6) is 0.474. The number of nitrogens with zero attached hydrogens (tertiary/aromatic N) is 1. The van der Waals surface area contributed by atoms with Crippen molar-refractivity contribution in [3.63, 3.8) is 0 Å². The van der Waals surface area contributed by atoms with E-state index < -0.39 is 0 Å². The second-order valence-electron chi connectivity index (χ2n) is 6.00. The monoisotopic (exact) mass is 392 g/mol. The van der Waals surface area contributed by atoms with E-state index >= 15 is 0 Å². The molecule has 7 heteroatoms. The molecule has 0 atom stereocenters. The molecule has 4 rings (SSSR count). The summed E-state index contributed by atoms with van der Waals surface area (Å²) in [6, 6.07) is 14.4. The number of aromatic nitrogens is 1. The number of rotatable bonds is 4. The van der Waals surface area contributed by atoms with Crippen molar-refractivity contribution in [2.45, 2.75) is 0 Å². The van der Waals surface area contributed by atoms with Crippen LogP contribution in [0.25, 0.3) is 21.7 Å². The third-order valence-corrected chi connectivity index (χ3v) is 5.29. The number of pyridine rings is 1. The second-order valence-corrected chi connectivity index (χ2v) is 7.01. The third-order valence-electron chi connectivity index (χ3n) is 4.38. The quantitative estimate of drug-likeness (QED) is 0.566. The summed E-state index contributed by atoms with van der Waals surface area (Å²) in [6.07, 6.45) is 1.67. The molecule has 0 spiro atoms. The zero-order chi connectivity index (χ0) is 19.7. The average Bonchev–Trinajstić information content (AvgIpc) is 2.73. The maximum absolute atomic E-state index is 12.8. The van der Waals surface area contributed by atoms with Crippen molar-refractivity contribution in [2.75, 3.05) is 19.5 Å². The summed E-state index contributed by atoms with van der Waals surface area (Å²) in [4.78, 5) is 30.2. The summed E-state index contributed by atoms with van der Waals surface area (Å²) < 4.78 is 10.3. The van der Waals surface area contributed by atoms with Crippen molar-refractivity contribution < 1.29 is 14.3 Å². The van der Waals surface area contributed by atoms with Gasteiger partial charge >= 0.3 is 0 Å². The molecule has 0 aliphatic carbocycles. The van der Waals surface area contributed by atoms with E-state index in [0.717, 1.165) is 16.7 Å². The molecule has 1 amide bonds. The Kier molecular flexibility index (Phi) is 4.67. The minimum absolute atomic E-state index is 0.269. The zero-order valence-corrected chi connectivity index (χ0v) is 16.0. The summed E-state index contributed by atoms with van der Waals surface area (Å²) in [5, 5.41) is 4.79.